The van der Waals surface area contributed by atoms with Crippen LogP contribution in [0, 0.1) is 5.92 Å². The largest absolute Gasteiger partial charge is 0.338 e. The van der Waals surface area contributed by atoms with Gasteiger partial charge in [0.15, 0.2) is 0 Å². The molecule has 0 N–H and O–H groups in total. The van der Waals surface area contributed by atoms with Gasteiger partial charge in [0.1, 0.15) is 0 Å². The highest BCUT2D eigenvalue weighted by Gasteiger charge is 2.32. The van der Waals surface area contributed by atoms with E-state index < -0.39 is 0 Å². The fourth-order valence-corrected chi connectivity index (χ4v) is 3.55. The number of aryl methyl sites for hydroxylation is 1. The summed E-state index contributed by atoms with van der Waals surface area (Å²) < 4.78 is 0. The van der Waals surface area contributed by atoms with Gasteiger partial charge in [-0.25, -0.2) is 0 Å². The van der Waals surface area contributed by atoms with Gasteiger partial charge in [-0.05, 0) is 36.8 Å². The summed E-state index contributed by atoms with van der Waals surface area (Å²) in [5, 5.41) is 0. The zero-order valence-corrected chi connectivity index (χ0v) is 11.1. The molecule has 0 aliphatic heterocycles. The minimum absolute atomic E-state index is 0.294. The van der Waals surface area contributed by atoms with E-state index in [0.717, 1.165) is 25.7 Å². The monoisotopic (exact) mass is 243 g/mol. The van der Waals surface area contributed by atoms with Crippen molar-refractivity contribution in [3.8, 4) is 0 Å². The third-order valence-corrected chi connectivity index (χ3v) is 4.62. The molecule has 1 fully saturated rings. The summed E-state index contributed by atoms with van der Waals surface area (Å²) in [6.07, 6.45) is 6.85. The number of nitrogens with zero attached hydrogens (tertiary/aromatic N) is 1. The van der Waals surface area contributed by atoms with Crippen molar-refractivity contribution in [2.75, 3.05) is 7.05 Å². The van der Waals surface area contributed by atoms with Crippen LogP contribution in [0.2, 0.25) is 0 Å². The summed E-state index contributed by atoms with van der Waals surface area (Å²) >= 11 is 0. The molecule has 2 nitrogen and oxygen atoms in total. The lowest BCUT2D eigenvalue weighted by atomic mass is 10.0. The predicted molar refractivity (Wildman–Crippen MR) is 72.2 cm³/mol. The van der Waals surface area contributed by atoms with Crippen molar-refractivity contribution in [2.24, 2.45) is 5.92 Å². The maximum Gasteiger partial charge on any atom is 0.225 e. The zero-order chi connectivity index (χ0) is 12.5. The summed E-state index contributed by atoms with van der Waals surface area (Å²) in [4.78, 5) is 14.5. The first-order chi connectivity index (χ1) is 8.77. The van der Waals surface area contributed by atoms with Gasteiger partial charge in [-0.1, -0.05) is 37.1 Å². The number of amides is 1. The molecule has 3 rings (SSSR count). The maximum atomic E-state index is 12.5. The smallest absolute Gasteiger partial charge is 0.225 e. The van der Waals surface area contributed by atoms with Gasteiger partial charge in [0, 0.05) is 13.0 Å². The number of rotatable bonds is 2. The summed E-state index contributed by atoms with van der Waals surface area (Å²) in [5.74, 6) is 0.664. The average Bonchev–Trinajstić information content (AvgIpc) is 3.06. The van der Waals surface area contributed by atoms with Gasteiger partial charge in [0.05, 0.1) is 6.04 Å². The van der Waals surface area contributed by atoms with E-state index in [1.807, 2.05) is 11.9 Å². The van der Waals surface area contributed by atoms with Gasteiger partial charge < -0.3 is 4.90 Å². The number of carbonyl (C=O) groups excluding carboxylic acids is 1. The summed E-state index contributed by atoms with van der Waals surface area (Å²) in [6, 6.07) is 8.88. The molecule has 0 radical (unpaired) electrons. The molecule has 2 aliphatic carbocycles. The first-order valence-electron chi connectivity index (χ1n) is 7.12. The van der Waals surface area contributed by atoms with Crippen LogP contribution in [0.1, 0.15) is 49.3 Å². The summed E-state index contributed by atoms with van der Waals surface area (Å²) in [6.45, 7) is 0. The number of hydrogen-bond acceptors (Lipinski definition) is 1. The van der Waals surface area contributed by atoms with Crippen molar-refractivity contribution in [1.82, 2.24) is 4.90 Å². The molecule has 1 aromatic rings. The van der Waals surface area contributed by atoms with Gasteiger partial charge in [0.25, 0.3) is 0 Å². The lowest BCUT2D eigenvalue weighted by Crippen LogP contribution is -2.34. The third kappa shape index (κ3) is 1.94. The maximum absolute atomic E-state index is 12.5. The van der Waals surface area contributed by atoms with E-state index in [2.05, 4.69) is 24.3 Å². The van der Waals surface area contributed by atoms with E-state index >= 15 is 0 Å². The molecule has 0 saturated heterocycles. The Bertz CT molecular complexity index is 448. The highest BCUT2D eigenvalue weighted by molar-refractivity contribution is 5.79. The Morgan fingerprint density at radius 2 is 1.89 bits per heavy atom. The van der Waals surface area contributed by atoms with Crippen molar-refractivity contribution >= 4 is 5.91 Å². The van der Waals surface area contributed by atoms with Crippen LogP contribution in [0.15, 0.2) is 24.3 Å². The molecule has 18 heavy (non-hydrogen) atoms. The van der Waals surface area contributed by atoms with Gasteiger partial charge in [-0.2, -0.15) is 0 Å². The third-order valence-electron chi connectivity index (χ3n) is 4.62. The van der Waals surface area contributed by atoms with Crippen LogP contribution in [-0.4, -0.2) is 17.9 Å². The molecule has 1 amide bonds. The first kappa shape index (κ1) is 11.8. The molecule has 0 spiro atoms. The van der Waals surface area contributed by atoms with E-state index in [9.17, 15) is 4.79 Å². The number of benzene rings is 1. The second-order valence-corrected chi connectivity index (χ2v) is 5.68. The molecular formula is C16H21NO. The van der Waals surface area contributed by atoms with Gasteiger partial charge >= 0.3 is 0 Å². The molecule has 1 unspecified atom stereocenters. The van der Waals surface area contributed by atoms with Crippen molar-refractivity contribution in [1.29, 1.82) is 0 Å². The predicted octanol–water partition coefficient (Wildman–Crippen LogP) is 3.32. The molecule has 0 aromatic heterocycles. The topological polar surface area (TPSA) is 20.3 Å². The fourth-order valence-electron chi connectivity index (χ4n) is 3.55. The molecule has 96 valence electrons. The number of hydrogen-bond donors (Lipinski definition) is 0. The molecular weight excluding hydrogens is 222 g/mol. The van der Waals surface area contributed by atoms with E-state index in [-0.39, 0.29) is 0 Å². The van der Waals surface area contributed by atoms with Crippen LogP contribution in [0.5, 0.6) is 0 Å². The fraction of sp³-hybridized carbons (Fsp3) is 0.562. The Morgan fingerprint density at radius 1 is 1.17 bits per heavy atom. The molecule has 1 atom stereocenters. The van der Waals surface area contributed by atoms with Gasteiger partial charge in [-0.15, -0.1) is 0 Å². The van der Waals surface area contributed by atoms with Crippen molar-refractivity contribution in [3.63, 3.8) is 0 Å². The molecule has 1 aromatic carbocycles. The standard InChI is InChI=1S/C16H21NO/c1-17(16(18)13-7-2-3-8-13)15-11-10-12-6-4-5-9-14(12)15/h4-6,9,13,15H,2-3,7-8,10-11H2,1H3. The lowest BCUT2D eigenvalue weighted by Gasteiger charge is -2.28. The van der Waals surface area contributed by atoms with Crippen molar-refractivity contribution in [3.05, 3.63) is 35.4 Å². The molecule has 2 aliphatic rings. The van der Waals surface area contributed by atoms with Crippen LogP contribution in [-0.2, 0) is 11.2 Å². The normalized spacial score (nSPS) is 23.1. The van der Waals surface area contributed by atoms with E-state index in [1.165, 1.54) is 24.0 Å². The Balaban J connectivity index is 1.77. The van der Waals surface area contributed by atoms with Crippen LogP contribution in [0.3, 0.4) is 0 Å². The number of fused-ring (bicyclic) bond motifs is 1. The Morgan fingerprint density at radius 3 is 2.67 bits per heavy atom. The van der Waals surface area contributed by atoms with Crippen LogP contribution in [0.4, 0.5) is 0 Å². The van der Waals surface area contributed by atoms with Crippen molar-refractivity contribution in [2.45, 2.75) is 44.6 Å². The Labute approximate surface area is 109 Å². The molecule has 0 bridgehead atoms. The minimum atomic E-state index is 0.294. The zero-order valence-electron chi connectivity index (χ0n) is 11.1. The second-order valence-electron chi connectivity index (χ2n) is 5.68. The Kier molecular flexibility index (Phi) is 3.11. The first-order valence-corrected chi connectivity index (χ1v) is 7.12. The van der Waals surface area contributed by atoms with Gasteiger partial charge in [0.2, 0.25) is 5.91 Å². The van der Waals surface area contributed by atoms with Crippen molar-refractivity contribution < 1.29 is 4.79 Å². The van der Waals surface area contributed by atoms with Crippen LogP contribution in [0.25, 0.3) is 0 Å². The molecule has 0 heterocycles. The summed E-state index contributed by atoms with van der Waals surface area (Å²) in [7, 11) is 1.99. The highest BCUT2D eigenvalue weighted by Crippen LogP contribution is 2.37. The van der Waals surface area contributed by atoms with E-state index in [1.54, 1.807) is 0 Å². The quantitative estimate of drug-likeness (QED) is 0.780. The average molecular weight is 243 g/mol. The van der Waals surface area contributed by atoms with Crippen LogP contribution < -0.4 is 0 Å². The summed E-state index contributed by atoms with van der Waals surface area (Å²) in [5.41, 5.74) is 2.79. The molecule has 1 saturated carbocycles. The number of carbonyl (C=O) groups is 1. The highest BCUT2D eigenvalue weighted by atomic mass is 16.2. The second kappa shape index (κ2) is 4.75. The minimum Gasteiger partial charge on any atom is -0.338 e. The SMILES string of the molecule is CN(C(=O)C1CCCC1)C1CCc2ccccc21. The lowest BCUT2D eigenvalue weighted by molar-refractivity contribution is -0.136. The van der Waals surface area contributed by atoms with Gasteiger partial charge in [-0.3, -0.25) is 4.79 Å². The Hall–Kier alpha value is -1.31. The van der Waals surface area contributed by atoms with E-state index in [4.69, 9.17) is 0 Å². The van der Waals surface area contributed by atoms with Crippen LogP contribution >= 0.6 is 0 Å². The van der Waals surface area contributed by atoms with E-state index in [0.29, 0.717) is 17.9 Å². The molecule has 2 heteroatoms.